The molecule has 1 amide bonds. The molecule has 0 saturated heterocycles. The van der Waals surface area contributed by atoms with E-state index in [4.69, 9.17) is 16.6 Å². The number of carbonyl (C=O) groups is 1. The number of aromatic nitrogens is 4. The molecule has 35 heavy (non-hydrogen) atoms. The zero-order valence-corrected chi connectivity index (χ0v) is 21.0. The van der Waals surface area contributed by atoms with Crippen molar-refractivity contribution in [2.24, 2.45) is 0 Å². The zero-order valence-electron chi connectivity index (χ0n) is 19.4. The molecule has 1 aliphatic carbocycles. The Morgan fingerprint density at radius 1 is 1.29 bits per heavy atom. The van der Waals surface area contributed by atoms with Crippen LogP contribution in [0.2, 0.25) is 5.02 Å². The Labute approximate surface area is 208 Å². The molecule has 1 saturated carbocycles. The van der Waals surface area contributed by atoms with Gasteiger partial charge >= 0.3 is 6.09 Å². The molecule has 4 N–H and O–H groups in total. The third-order valence-electron chi connectivity index (χ3n) is 5.19. The standard InChI is InChI=1S/C22H26ClN7O4S/c1-12(26-22(31)34-2)11-25-21-24-7-6-17(27-21)19-18(28-20(29-19)13-4-5-13)14-8-15(23)10-16(9-14)30-35(3,32)33/h6-10,12-13,30H,4-5,11H2,1-3H3,(H,26,31)(H,28,29)(H,24,25,27)/t12-/m0/s1. The maximum Gasteiger partial charge on any atom is 0.407 e. The summed E-state index contributed by atoms with van der Waals surface area (Å²) >= 11 is 6.30. The van der Waals surface area contributed by atoms with Crippen LogP contribution in [0.25, 0.3) is 22.6 Å². The van der Waals surface area contributed by atoms with Crippen molar-refractivity contribution < 1.29 is 17.9 Å². The minimum atomic E-state index is -3.48. The number of methoxy groups -OCH3 is 1. The van der Waals surface area contributed by atoms with Crippen molar-refractivity contribution in [2.45, 2.75) is 31.7 Å². The van der Waals surface area contributed by atoms with E-state index in [0.29, 0.717) is 51.8 Å². The average Bonchev–Trinajstić information content (AvgIpc) is 3.54. The molecule has 0 radical (unpaired) electrons. The lowest BCUT2D eigenvalue weighted by atomic mass is 10.1. The lowest BCUT2D eigenvalue weighted by Gasteiger charge is -2.14. The van der Waals surface area contributed by atoms with Crippen LogP contribution in [0.15, 0.2) is 30.5 Å². The van der Waals surface area contributed by atoms with E-state index < -0.39 is 16.1 Å². The molecule has 2 aromatic heterocycles. The first-order valence-electron chi connectivity index (χ1n) is 10.9. The Morgan fingerprint density at radius 3 is 2.74 bits per heavy atom. The molecule has 186 valence electrons. The van der Waals surface area contributed by atoms with Crippen molar-refractivity contribution >= 4 is 39.4 Å². The van der Waals surface area contributed by atoms with E-state index in [1.54, 1.807) is 24.4 Å². The molecule has 1 fully saturated rings. The van der Waals surface area contributed by atoms with Gasteiger partial charge in [-0.25, -0.2) is 28.2 Å². The van der Waals surface area contributed by atoms with E-state index in [9.17, 15) is 13.2 Å². The molecule has 3 aromatic rings. The number of sulfonamides is 1. The molecule has 2 heterocycles. The molecule has 0 unspecified atom stereocenters. The molecule has 0 bridgehead atoms. The van der Waals surface area contributed by atoms with Gasteiger partial charge in [-0.3, -0.25) is 4.72 Å². The second-order valence-electron chi connectivity index (χ2n) is 8.41. The fourth-order valence-corrected chi connectivity index (χ4v) is 4.26. The Kier molecular flexibility index (Phi) is 7.13. The molecule has 11 nitrogen and oxygen atoms in total. The number of benzene rings is 1. The number of anilines is 2. The molecule has 0 spiro atoms. The van der Waals surface area contributed by atoms with Crippen LogP contribution in [-0.4, -0.2) is 60.4 Å². The number of H-pyrrole nitrogens is 1. The van der Waals surface area contributed by atoms with Crippen LogP contribution < -0.4 is 15.4 Å². The second kappa shape index (κ2) is 10.1. The summed E-state index contributed by atoms with van der Waals surface area (Å²) < 4.78 is 30.6. The van der Waals surface area contributed by atoms with Gasteiger partial charge in [-0.05, 0) is 44.0 Å². The molecule has 13 heteroatoms. The molecule has 1 aliphatic rings. The number of rotatable bonds is 9. The summed E-state index contributed by atoms with van der Waals surface area (Å²) in [5.74, 6) is 1.57. The van der Waals surface area contributed by atoms with E-state index in [2.05, 4.69) is 35.0 Å². The van der Waals surface area contributed by atoms with Gasteiger partial charge in [0.1, 0.15) is 5.82 Å². The number of imidazole rings is 1. The monoisotopic (exact) mass is 519 g/mol. The summed E-state index contributed by atoms with van der Waals surface area (Å²) in [6, 6.07) is 6.49. The van der Waals surface area contributed by atoms with Gasteiger partial charge in [0, 0.05) is 35.3 Å². The highest BCUT2D eigenvalue weighted by Gasteiger charge is 2.29. The number of hydrogen-bond acceptors (Lipinski definition) is 8. The quantitative estimate of drug-likeness (QED) is 0.335. The highest BCUT2D eigenvalue weighted by Crippen LogP contribution is 2.42. The van der Waals surface area contributed by atoms with Gasteiger partial charge in [0.15, 0.2) is 0 Å². The summed E-state index contributed by atoms with van der Waals surface area (Å²) in [6.45, 7) is 2.21. The smallest absolute Gasteiger partial charge is 0.407 e. The van der Waals surface area contributed by atoms with Crippen molar-refractivity contribution in [1.82, 2.24) is 25.3 Å². The van der Waals surface area contributed by atoms with Gasteiger partial charge in [0.05, 0.1) is 36.1 Å². The van der Waals surface area contributed by atoms with Crippen LogP contribution in [0.4, 0.5) is 16.4 Å². The Hall–Kier alpha value is -3.38. The first kappa shape index (κ1) is 24.7. The second-order valence-corrected chi connectivity index (χ2v) is 10.6. The molecule has 1 atom stereocenters. The van der Waals surface area contributed by atoms with Crippen LogP contribution in [0.1, 0.15) is 31.5 Å². The van der Waals surface area contributed by atoms with Crippen LogP contribution in [0.5, 0.6) is 0 Å². The van der Waals surface area contributed by atoms with Crippen LogP contribution in [0.3, 0.4) is 0 Å². The molecule has 4 rings (SSSR count). The third-order valence-corrected chi connectivity index (χ3v) is 6.01. The maximum absolute atomic E-state index is 11.7. The van der Waals surface area contributed by atoms with Gasteiger partial charge in [-0.2, -0.15) is 0 Å². The minimum Gasteiger partial charge on any atom is -0.453 e. The van der Waals surface area contributed by atoms with Crippen molar-refractivity contribution in [3.05, 3.63) is 41.3 Å². The number of nitrogens with zero attached hydrogens (tertiary/aromatic N) is 3. The van der Waals surface area contributed by atoms with Gasteiger partial charge in [-0.15, -0.1) is 0 Å². The summed E-state index contributed by atoms with van der Waals surface area (Å²) in [7, 11) is -2.18. The first-order chi connectivity index (χ1) is 16.6. The van der Waals surface area contributed by atoms with E-state index in [-0.39, 0.29) is 6.04 Å². The normalized spacial score (nSPS) is 14.3. The highest BCUT2D eigenvalue weighted by atomic mass is 35.5. The summed E-state index contributed by atoms with van der Waals surface area (Å²) in [4.78, 5) is 28.5. The summed E-state index contributed by atoms with van der Waals surface area (Å²) in [5, 5.41) is 6.14. The van der Waals surface area contributed by atoms with E-state index in [0.717, 1.165) is 24.9 Å². The average molecular weight is 520 g/mol. The fraction of sp³-hybridized carbons (Fsp3) is 0.364. The van der Waals surface area contributed by atoms with Crippen molar-refractivity contribution in [1.29, 1.82) is 0 Å². The van der Waals surface area contributed by atoms with Gasteiger partial charge < -0.3 is 20.4 Å². The van der Waals surface area contributed by atoms with Crippen molar-refractivity contribution in [3.63, 3.8) is 0 Å². The Morgan fingerprint density at radius 2 is 2.06 bits per heavy atom. The first-order valence-corrected chi connectivity index (χ1v) is 13.2. The van der Waals surface area contributed by atoms with Gasteiger partial charge in [0.2, 0.25) is 16.0 Å². The number of alkyl carbamates (subject to hydrolysis) is 1. The topological polar surface area (TPSA) is 151 Å². The van der Waals surface area contributed by atoms with E-state index >= 15 is 0 Å². The van der Waals surface area contributed by atoms with Gasteiger partial charge in [0.25, 0.3) is 0 Å². The summed E-state index contributed by atoms with van der Waals surface area (Å²) in [6.07, 6.45) is 4.28. The van der Waals surface area contributed by atoms with Crippen molar-refractivity contribution in [3.8, 4) is 22.6 Å². The molecular formula is C22H26ClN7O4S. The Bertz CT molecular complexity index is 1340. The van der Waals surface area contributed by atoms with E-state index in [1.807, 2.05) is 6.92 Å². The lowest BCUT2D eigenvalue weighted by Crippen LogP contribution is -2.37. The third kappa shape index (κ3) is 6.61. The van der Waals surface area contributed by atoms with Crippen LogP contribution in [-0.2, 0) is 14.8 Å². The molecule has 1 aromatic carbocycles. The fourth-order valence-electron chi connectivity index (χ4n) is 3.47. The van der Waals surface area contributed by atoms with E-state index in [1.165, 1.54) is 13.2 Å². The largest absolute Gasteiger partial charge is 0.453 e. The lowest BCUT2D eigenvalue weighted by molar-refractivity contribution is 0.168. The number of nitrogens with one attached hydrogen (secondary N) is 4. The predicted molar refractivity (Wildman–Crippen MR) is 134 cm³/mol. The molecule has 0 aliphatic heterocycles. The number of hydrogen-bond donors (Lipinski definition) is 4. The van der Waals surface area contributed by atoms with Gasteiger partial charge in [-0.1, -0.05) is 11.6 Å². The number of aromatic amines is 1. The number of carbonyl (C=O) groups excluding carboxylic acids is 1. The number of amides is 1. The maximum atomic E-state index is 11.7. The number of ether oxygens (including phenoxy) is 1. The SMILES string of the molecule is COC(=O)N[C@@H](C)CNc1nccc(-c2[nH]c(C3CC3)nc2-c2cc(Cl)cc(NS(C)(=O)=O)c2)n1. The van der Waals surface area contributed by atoms with Crippen LogP contribution in [0, 0.1) is 0 Å². The number of halogens is 1. The Balaban J connectivity index is 1.65. The highest BCUT2D eigenvalue weighted by molar-refractivity contribution is 7.92. The minimum absolute atomic E-state index is 0.217. The van der Waals surface area contributed by atoms with Crippen molar-refractivity contribution in [2.75, 3.05) is 29.9 Å². The molecular weight excluding hydrogens is 494 g/mol. The zero-order chi connectivity index (χ0) is 25.2. The predicted octanol–water partition coefficient (Wildman–Crippen LogP) is 3.59. The summed E-state index contributed by atoms with van der Waals surface area (Å²) in [5.41, 5.74) is 2.87. The van der Waals surface area contributed by atoms with Crippen LogP contribution >= 0.6 is 11.6 Å².